The third-order valence-electron chi connectivity index (χ3n) is 4.25. The number of pyridine rings is 1. The molecule has 2 aromatic carbocycles. The van der Waals surface area contributed by atoms with Crippen LogP contribution in [-0.2, 0) is 6.54 Å². The fraction of sp³-hybridized carbons (Fsp3) is 0.0455. The van der Waals surface area contributed by atoms with Gasteiger partial charge >= 0.3 is 0 Å². The third kappa shape index (κ3) is 3.66. The van der Waals surface area contributed by atoms with Gasteiger partial charge in [0.05, 0.1) is 11.9 Å². The highest BCUT2D eigenvalue weighted by molar-refractivity contribution is 6.31. The predicted molar refractivity (Wildman–Crippen MR) is 109 cm³/mol. The minimum atomic E-state index is -0.448. The second-order valence-corrected chi connectivity index (χ2v) is 6.62. The van der Waals surface area contributed by atoms with Crippen molar-refractivity contribution in [3.05, 3.63) is 106 Å². The summed E-state index contributed by atoms with van der Waals surface area (Å²) in [5, 5.41) is 0.759. The van der Waals surface area contributed by atoms with Gasteiger partial charge in [0, 0.05) is 17.3 Å². The second-order valence-electron chi connectivity index (χ2n) is 6.18. The third-order valence-corrected chi connectivity index (χ3v) is 4.49. The number of hydrogen-bond donors (Lipinski definition) is 0. The van der Waals surface area contributed by atoms with Gasteiger partial charge in [-0.15, -0.1) is 0 Å². The molecule has 138 valence electrons. The molecule has 0 saturated heterocycles. The van der Waals surface area contributed by atoms with E-state index < -0.39 is 5.91 Å². The van der Waals surface area contributed by atoms with Crippen LogP contribution in [0.4, 0.5) is 5.82 Å². The number of anilines is 1. The maximum atomic E-state index is 13.2. The highest BCUT2D eigenvalue weighted by atomic mass is 35.5. The van der Waals surface area contributed by atoms with E-state index in [1.165, 1.54) is 17.0 Å². The van der Waals surface area contributed by atoms with Gasteiger partial charge < -0.3 is 4.42 Å². The molecule has 0 aliphatic heterocycles. The summed E-state index contributed by atoms with van der Waals surface area (Å²) in [6.45, 7) is 0.291. The van der Waals surface area contributed by atoms with Crippen molar-refractivity contribution in [2.24, 2.45) is 0 Å². The molecule has 4 rings (SSSR count). The summed E-state index contributed by atoms with van der Waals surface area (Å²) in [7, 11) is 0. The van der Waals surface area contributed by atoms with Crippen molar-refractivity contribution in [3.63, 3.8) is 0 Å². The molecule has 0 aliphatic rings. The van der Waals surface area contributed by atoms with Crippen LogP contribution in [0, 0.1) is 0 Å². The van der Waals surface area contributed by atoms with Crippen LogP contribution in [0.5, 0.6) is 0 Å². The Morgan fingerprint density at radius 3 is 2.54 bits per heavy atom. The van der Waals surface area contributed by atoms with Crippen molar-refractivity contribution in [1.29, 1.82) is 0 Å². The first-order chi connectivity index (χ1) is 13.6. The molecule has 1 amide bonds. The van der Waals surface area contributed by atoms with Crippen molar-refractivity contribution < 1.29 is 9.21 Å². The molecule has 0 radical (unpaired) electrons. The zero-order valence-electron chi connectivity index (χ0n) is 14.7. The van der Waals surface area contributed by atoms with E-state index in [0.717, 1.165) is 5.56 Å². The molecule has 0 spiro atoms. The lowest BCUT2D eigenvalue weighted by atomic mass is 10.2. The van der Waals surface area contributed by atoms with Crippen molar-refractivity contribution in [3.8, 4) is 0 Å². The summed E-state index contributed by atoms with van der Waals surface area (Å²) in [5.74, 6) is -0.0342. The van der Waals surface area contributed by atoms with Crippen LogP contribution >= 0.6 is 11.6 Å². The maximum Gasteiger partial charge on any atom is 0.295 e. The van der Waals surface area contributed by atoms with Gasteiger partial charge in [0.25, 0.3) is 5.91 Å². The molecule has 0 unspecified atom stereocenters. The van der Waals surface area contributed by atoms with Crippen molar-refractivity contribution >= 4 is 34.3 Å². The zero-order valence-corrected chi connectivity index (χ0v) is 15.5. The van der Waals surface area contributed by atoms with Crippen LogP contribution in [0.2, 0.25) is 5.02 Å². The molecule has 0 saturated carbocycles. The smallest absolute Gasteiger partial charge is 0.295 e. The second kappa shape index (κ2) is 7.66. The molecule has 0 aliphatic carbocycles. The minimum absolute atomic E-state index is 0.0543. The highest BCUT2D eigenvalue weighted by Crippen LogP contribution is 2.21. The van der Waals surface area contributed by atoms with Gasteiger partial charge in [-0.2, -0.15) is 0 Å². The van der Waals surface area contributed by atoms with Gasteiger partial charge in [0.15, 0.2) is 11.2 Å². The van der Waals surface area contributed by atoms with E-state index in [1.54, 1.807) is 36.5 Å². The van der Waals surface area contributed by atoms with E-state index in [9.17, 15) is 9.59 Å². The summed E-state index contributed by atoms with van der Waals surface area (Å²) >= 11 is 5.95. The van der Waals surface area contributed by atoms with E-state index in [4.69, 9.17) is 16.0 Å². The molecular formula is C22H15ClN2O3. The number of carbonyl (C=O) groups is 1. The van der Waals surface area contributed by atoms with E-state index >= 15 is 0 Å². The average Bonchev–Trinajstić information content (AvgIpc) is 2.73. The Bertz CT molecular complexity index is 1190. The Labute approximate surface area is 165 Å². The topological polar surface area (TPSA) is 63.4 Å². The minimum Gasteiger partial charge on any atom is -0.451 e. The number of amides is 1. The number of rotatable bonds is 4. The standard InChI is InChI=1S/C22H15ClN2O3/c23-16-9-10-19-17(12-16)18(26)13-20(28-19)22(27)25(21-8-4-5-11-24-21)14-15-6-2-1-3-7-15/h1-13H,14H2. The fourth-order valence-electron chi connectivity index (χ4n) is 2.90. The number of fused-ring (bicyclic) bond motifs is 1. The molecular weight excluding hydrogens is 376 g/mol. The van der Waals surface area contributed by atoms with Crippen molar-refractivity contribution in [2.75, 3.05) is 4.90 Å². The predicted octanol–water partition coefficient (Wildman–Crippen LogP) is 4.69. The maximum absolute atomic E-state index is 13.2. The van der Waals surface area contributed by atoms with Crippen LogP contribution in [0.15, 0.2) is 88.2 Å². The summed E-state index contributed by atoms with van der Waals surface area (Å²) in [5.41, 5.74) is 0.908. The van der Waals surface area contributed by atoms with E-state index in [1.807, 2.05) is 30.3 Å². The van der Waals surface area contributed by atoms with Crippen LogP contribution < -0.4 is 10.3 Å². The fourth-order valence-corrected chi connectivity index (χ4v) is 3.08. The van der Waals surface area contributed by atoms with E-state index in [0.29, 0.717) is 28.4 Å². The molecule has 28 heavy (non-hydrogen) atoms. The summed E-state index contributed by atoms with van der Waals surface area (Å²) in [6, 6.07) is 20.8. The summed E-state index contributed by atoms with van der Waals surface area (Å²) < 4.78 is 5.72. The Morgan fingerprint density at radius 1 is 1.00 bits per heavy atom. The first kappa shape index (κ1) is 17.9. The number of carbonyl (C=O) groups excluding carboxylic acids is 1. The van der Waals surface area contributed by atoms with Gasteiger partial charge in [-0.25, -0.2) is 4.98 Å². The monoisotopic (exact) mass is 390 g/mol. The Morgan fingerprint density at radius 2 is 1.79 bits per heavy atom. The molecule has 4 aromatic rings. The van der Waals surface area contributed by atoms with Gasteiger partial charge in [-0.3, -0.25) is 14.5 Å². The molecule has 6 heteroatoms. The van der Waals surface area contributed by atoms with E-state index in [2.05, 4.69) is 4.98 Å². The summed E-state index contributed by atoms with van der Waals surface area (Å²) in [6.07, 6.45) is 1.61. The van der Waals surface area contributed by atoms with Crippen LogP contribution in [0.25, 0.3) is 11.0 Å². The molecule has 0 bridgehead atoms. The number of aromatic nitrogens is 1. The first-order valence-electron chi connectivity index (χ1n) is 8.62. The number of halogens is 1. The lowest BCUT2D eigenvalue weighted by Gasteiger charge is -2.21. The van der Waals surface area contributed by atoms with Gasteiger partial charge in [0.2, 0.25) is 0 Å². The molecule has 0 N–H and O–H groups in total. The Kier molecular flexibility index (Phi) is 4.91. The summed E-state index contributed by atoms with van der Waals surface area (Å²) in [4.78, 5) is 31.5. The van der Waals surface area contributed by atoms with Crippen LogP contribution in [-0.4, -0.2) is 10.9 Å². The molecule has 5 nitrogen and oxygen atoms in total. The Hall–Kier alpha value is -3.44. The average molecular weight is 391 g/mol. The highest BCUT2D eigenvalue weighted by Gasteiger charge is 2.22. The lowest BCUT2D eigenvalue weighted by Crippen LogP contribution is -2.31. The molecule has 0 fully saturated rings. The van der Waals surface area contributed by atoms with Crippen LogP contribution in [0.3, 0.4) is 0 Å². The molecule has 2 aromatic heterocycles. The number of benzene rings is 2. The molecule has 0 atom stereocenters. The lowest BCUT2D eigenvalue weighted by molar-refractivity contribution is 0.0958. The van der Waals surface area contributed by atoms with Crippen molar-refractivity contribution in [1.82, 2.24) is 4.98 Å². The SMILES string of the molecule is O=C(c1cc(=O)c2cc(Cl)ccc2o1)N(Cc1ccccc1)c1ccccn1. The van der Waals surface area contributed by atoms with Crippen molar-refractivity contribution in [2.45, 2.75) is 6.54 Å². The number of hydrogen-bond acceptors (Lipinski definition) is 4. The normalized spacial score (nSPS) is 10.8. The molecule has 2 heterocycles. The zero-order chi connectivity index (χ0) is 19.5. The number of nitrogens with zero attached hydrogens (tertiary/aromatic N) is 2. The van der Waals surface area contributed by atoms with Gasteiger partial charge in [0.1, 0.15) is 11.4 Å². The largest absolute Gasteiger partial charge is 0.451 e. The van der Waals surface area contributed by atoms with E-state index in [-0.39, 0.29) is 11.2 Å². The van der Waals surface area contributed by atoms with Gasteiger partial charge in [-0.1, -0.05) is 48.0 Å². The van der Waals surface area contributed by atoms with Crippen LogP contribution in [0.1, 0.15) is 16.1 Å². The van der Waals surface area contributed by atoms with Gasteiger partial charge in [-0.05, 0) is 35.9 Å². The quantitative estimate of drug-likeness (QED) is 0.507. The Balaban J connectivity index is 1.78. The first-order valence-corrected chi connectivity index (χ1v) is 9.00.